The molecule has 0 saturated heterocycles. The van der Waals surface area contributed by atoms with Crippen molar-refractivity contribution in [2.75, 3.05) is 0 Å². The third-order valence-electron chi connectivity index (χ3n) is 9.35. The maximum absolute atomic E-state index is 13.2. The molecular formula is C40H62N4O6. The molecule has 2 rings (SSSR count). The van der Waals surface area contributed by atoms with Crippen molar-refractivity contribution < 1.29 is 29.4 Å². The second-order valence-corrected chi connectivity index (χ2v) is 13.5. The second kappa shape index (κ2) is 24.1. The largest absolute Gasteiger partial charge is 0.507 e. The fraction of sp³-hybridized carbons (Fsp3) is 0.600. The second-order valence-electron chi connectivity index (χ2n) is 13.5. The Kier molecular flexibility index (Phi) is 20.3. The number of carbonyl (C=O) groups excluding carboxylic acids is 4. The summed E-state index contributed by atoms with van der Waals surface area (Å²) in [6.45, 7) is 8.12. The standard InChI is InChI=1S/C40H62N4O6/c1-5-8-11-13-16-20-30-23-18-25-33(35(30)45)39(49)43-41-37(47)29(4)27-28-32(22-15-10-7-3)38(48)42-44-40(50)34-26-19-24-31(36(34)46)21-17-14-12-9-6-2/h18-19,23-26,29,32,45-46H,5-17,20-22,27-28H2,1-4H3,(H,41,47)(H,42,48)(H,43,49)(H,44,50). The fourth-order valence-corrected chi connectivity index (χ4v) is 6.02. The van der Waals surface area contributed by atoms with Crippen LogP contribution in [0.25, 0.3) is 0 Å². The normalized spacial score (nSPS) is 12.2. The van der Waals surface area contributed by atoms with Gasteiger partial charge < -0.3 is 10.2 Å². The van der Waals surface area contributed by atoms with Crippen LogP contribution in [0, 0.1) is 11.8 Å². The van der Waals surface area contributed by atoms with Crippen LogP contribution in [0.1, 0.15) is 162 Å². The highest BCUT2D eigenvalue weighted by atomic mass is 16.3. The maximum Gasteiger partial charge on any atom is 0.273 e. The highest BCUT2D eigenvalue weighted by Crippen LogP contribution is 2.26. The van der Waals surface area contributed by atoms with Gasteiger partial charge in [-0.2, -0.15) is 0 Å². The molecule has 10 heteroatoms. The highest BCUT2D eigenvalue weighted by Gasteiger charge is 2.23. The van der Waals surface area contributed by atoms with Gasteiger partial charge in [-0.1, -0.05) is 123 Å². The van der Waals surface area contributed by atoms with Crippen LogP contribution in [0.4, 0.5) is 0 Å². The summed E-state index contributed by atoms with van der Waals surface area (Å²) in [5, 5.41) is 21.4. The first kappa shape index (κ1) is 42.1. The average Bonchev–Trinajstić information content (AvgIpc) is 3.11. The lowest BCUT2D eigenvalue weighted by atomic mass is 9.91. The van der Waals surface area contributed by atoms with E-state index in [1.165, 1.54) is 25.0 Å². The van der Waals surface area contributed by atoms with Gasteiger partial charge in [0.1, 0.15) is 11.5 Å². The third-order valence-corrected chi connectivity index (χ3v) is 9.35. The molecule has 50 heavy (non-hydrogen) atoms. The Morgan fingerprint density at radius 3 is 1.46 bits per heavy atom. The lowest BCUT2D eigenvalue weighted by molar-refractivity contribution is -0.128. The molecular weight excluding hydrogens is 632 g/mol. The number of hydrogen-bond donors (Lipinski definition) is 6. The number of unbranched alkanes of at least 4 members (excludes halogenated alkanes) is 10. The molecule has 2 aromatic rings. The van der Waals surface area contributed by atoms with Crippen LogP contribution in [0.15, 0.2) is 36.4 Å². The Morgan fingerprint density at radius 2 is 0.980 bits per heavy atom. The van der Waals surface area contributed by atoms with E-state index in [0.717, 1.165) is 70.6 Å². The number of aromatic hydroxyl groups is 2. The van der Waals surface area contributed by atoms with Gasteiger partial charge in [0.25, 0.3) is 11.8 Å². The van der Waals surface area contributed by atoms with Gasteiger partial charge >= 0.3 is 0 Å². The third kappa shape index (κ3) is 14.8. The number of hydrazine groups is 2. The van der Waals surface area contributed by atoms with E-state index in [1.54, 1.807) is 19.1 Å². The Labute approximate surface area is 299 Å². The molecule has 2 aromatic carbocycles. The van der Waals surface area contributed by atoms with E-state index in [1.807, 2.05) is 12.1 Å². The molecule has 0 saturated carbocycles. The number of hydrogen-bond acceptors (Lipinski definition) is 6. The van der Waals surface area contributed by atoms with Crippen molar-refractivity contribution in [2.24, 2.45) is 11.8 Å². The SMILES string of the molecule is CCCCCCCc1cccc(C(=O)NNC(=O)C(C)CCC(CCCCC)C(=O)NNC(=O)c2cccc(CCCCCCC)c2O)c1O. The van der Waals surface area contributed by atoms with Gasteiger partial charge in [0.05, 0.1) is 11.1 Å². The minimum atomic E-state index is -0.605. The molecule has 10 nitrogen and oxygen atoms in total. The van der Waals surface area contributed by atoms with Crippen LogP contribution in [-0.4, -0.2) is 33.8 Å². The molecule has 0 aromatic heterocycles. The van der Waals surface area contributed by atoms with Gasteiger partial charge in [0, 0.05) is 11.8 Å². The molecule has 0 aliphatic rings. The number of benzene rings is 2. The van der Waals surface area contributed by atoms with E-state index in [4.69, 9.17) is 0 Å². The molecule has 2 atom stereocenters. The zero-order chi connectivity index (χ0) is 36.7. The van der Waals surface area contributed by atoms with E-state index < -0.39 is 29.6 Å². The van der Waals surface area contributed by atoms with Gasteiger partial charge in [-0.05, 0) is 68.2 Å². The van der Waals surface area contributed by atoms with Crippen molar-refractivity contribution >= 4 is 23.6 Å². The van der Waals surface area contributed by atoms with E-state index >= 15 is 0 Å². The summed E-state index contributed by atoms with van der Waals surface area (Å²) in [5.41, 5.74) is 11.5. The highest BCUT2D eigenvalue weighted by molar-refractivity contribution is 5.99. The number of rotatable bonds is 23. The Balaban J connectivity index is 1.90. The van der Waals surface area contributed by atoms with Crippen molar-refractivity contribution in [3.05, 3.63) is 58.7 Å². The number of carbonyl (C=O) groups is 4. The predicted molar refractivity (Wildman–Crippen MR) is 198 cm³/mol. The summed E-state index contributed by atoms with van der Waals surface area (Å²) in [5.74, 6) is -3.07. The monoisotopic (exact) mass is 694 g/mol. The van der Waals surface area contributed by atoms with Gasteiger partial charge in [-0.15, -0.1) is 0 Å². The molecule has 2 unspecified atom stereocenters. The first-order valence-electron chi connectivity index (χ1n) is 19.0. The number of amides is 4. The molecule has 0 aliphatic heterocycles. The smallest absolute Gasteiger partial charge is 0.273 e. The average molecular weight is 695 g/mol. The quantitative estimate of drug-likeness (QED) is 0.0512. The molecule has 0 radical (unpaired) electrons. The molecule has 0 aliphatic carbocycles. The molecule has 0 fully saturated rings. The van der Waals surface area contributed by atoms with Crippen molar-refractivity contribution in [3.8, 4) is 11.5 Å². The fourth-order valence-electron chi connectivity index (χ4n) is 6.02. The Hall–Kier alpha value is -4.08. The number of phenols is 2. The van der Waals surface area contributed by atoms with Crippen LogP contribution in [0.3, 0.4) is 0 Å². The van der Waals surface area contributed by atoms with Crippen molar-refractivity contribution in [3.63, 3.8) is 0 Å². The predicted octanol–water partition coefficient (Wildman–Crippen LogP) is 7.96. The first-order chi connectivity index (χ1) is 24.1. The van der Waals surface area contributed by atoms with Gasteiger partial charge in [0.15, 0.2) is 0 Å². The first-order valence-corrected chi connectivity index (χ1v) is 19.0. The van der Waals surface area contributed by atoms with E-state index in [9.17, 15) is 29.4 Å². The van der Waals surface area contributed by atoms with E-state index in [-0.39, 0.29) is 28.5 Å². The summed E-state index contributed by atoms with van der Waals surface area (Å²) >= 11 is 0. The maximum atomic E-state index is 13.2. The number of nitrogens with one attached hydrogen (secondary N) is 4. The summed E-state index contributed by atoms with van der Waals surface area (Å²) in [7, 11) is 0. The molecule has 278 valence electrons. The van der Waals surface area contributed by atoms with Crippen LogP contribution in [0.2, 0.25) is 0 Å². The van der Waals surface area contributed by atoms with Crippen LogP contribution in [-0.2, 0) is 22.4 Å². The van der Waals surface area contributed by atoms with Crippen molar-refractivity contribution in [1.29, 1.82) is 0 Å². The summed E-state index contributed by atoms with van der Waals surface area (Å²) in [6.07, 6.45) is 16.4. The number of para-hydroxylation sites is 2. The molecule has 6 N–H and O–H groups in total. The van der Waals surface area contributed by atoms with Crippen molar-refractivity contribution in [1.82, 2.24) is 21.7 Å². The zero-order valence-electron chi connectivity index (χ0n) is 30.9. The number of phenolic OH excluding ortho intramolecular Hbond substituents is 2. The molecule has 0 heterocycles. The topological polar surface area (TPSA) is 157 Å². The minimum absolute atomic E-state index is 0.0677. The minimum Gasteiger partial charge on any atom is -0.507 e. The Bertz CT molecular complexity index is 1350. The van der Waals surface area contributed by atoms with Gasteiger partial charge in [0.2, 0.25) is 11.8 Å². The molecule has 4 amide bonds. The molecule has 0 bridgehead atoms. The van der Waals surface area contributed by atoms with Crippen molar-refractivity contribution in [2.45, 2.75) is 143 Å². The van der Waals surface area contributed by atoms with Crippen LogP contribution >= 0.6 is 0 Å². The molecule has 0 spiro atoms. The van der Waals surface area contributed by atoms with Crippen LogP contribution < -0.4 is 21.7 Å². The number of aryl methyl sites for hydroxylation is 2. The summed E-state index contributed by atoms with van der Waals surface area (Å²) in [6, 6.07) is 10.1. The van der Waals surface area contributed by atoms with E-state index in [0.29, 0.717) is 43.2 Å². The van der Waals surface area contributed by atoms with Gasteiger partial charge in [-0.3, -0.25) is 40.9 Å². The zero-order valence-corrected chi connectivity index (χ0v) is 30.9. The summed E-state index contributed by atoms with van der Waals surface area (Å²) < 4.78 is 0. The lowest BCUT2D eigenvalue weighted by Crippen LogP contribution is -2.45. The van der Waals surface area contributed by atoms with E-state index in [2.05, 4.69) is 42.5 Å². The Morgan fingerprint density at radius 1 is 0.540 bits per heavy atom. The lowest BCUT2D eigenvalue weighted by Gasteiger charge is -2.20. The van der Waals surface area contributed by atoms with Gasteiger partial charge in [-0.25, -0.2) is 0 Å². The summed E-state index contributed by atoms with van der Waals surface area (Å²) in [4.78, 5) is 51.8. The van der Waals surface area contributed by atoms with Crippen LogP contribution in [0.5, 0.6) is 11.5 Å².